The number of halogens is 1. The van der Waals surface area contributed by atoms with Crippen molar-refractivity contribution >= 4 is 27.3 Å². The molecule has 22 heavy (non-hydrogen) atoms. The third kappa shape index (κ3) is 4.00. The molecule has 0 spiro atoms. The maximum atomic E-state index is 12.2. The normalized spacial score (nSPS) is 12.2. The highest BCUT2D eigenvalue weighted by Crippen LogP contribution is 2.17. The first-order valence-electron chi connectivity index (χ1n) is 6.41. The number of nitrogens with one attached hydrogen (secondary N) is 2. The van der Waals surface area contributed by atoms with E-state index >= 15 is 0 Å². The summed E-state index contributed by atoms with van der Waals surface area (Å²) in [5.74, 6) is 0.140. The van der Waals surface area contributed by atoms with Crippen LogP contribution in [0, 0.1) is 0 Å². The zero-order valence-corrected chi connectivity index (χ0v) is 13.3. The Hall–Kier alpha value is -2.02. The number of phenols is 1. The Morgan fingerprint density at radius 3 is 2.23 bits per heavy atom. The van der Waals surface area contributed by atoms with Crippen LogP contribution in [0.4, 0.5) is 0 Å². The van der Waals surface area contributed by atoms with Crippen LogP contribution in [-0.2, 0) is 10.0 Å². The topological polar surface area (TPSA) is 78.4 Å². The van der Waals surface area contributed by atoms with E-state index in [1.807, 2.05) is 0 Å². The fraction of sp³-hybridized carbons (Fsp3) is 0.0667. The van der Waals surface area contributed by atoms with Crippen molar-refractivity contribution in [2.75, 3.05) is 0 Å². The van der Waals surface area contributed by atoms with E-state index in [0.717, 1.165) is 5.56 Å². The van der Waals surface area contributed by atoms with Crippen LogP contribution >= 0.6 is 11.6 Å². The SMILES string of the molecule is CC=C(NNS(=O)(=O)c1ccc(Cl)cc1)c1ccc(O)cc1. The summed E-state index contributed by atoms with van der Waals surface area (Å²) in [4.78, 5) is 2.41. The second kappa shape index (κ2) is 6.83. The van der Waals surface area contributed by atoms with Gasteiger partial charge in [-0.25, -0.2) is 8.42 Å². The quantitative estimate of drug-likeness (QED) is 0.732. The van der Waals surface area contributed by atoms with Crippen LogP contribution in [0.2, 0.25) is 5.02 Å². The monoisotopic (exact) mass is 338 g/mol. The van der Waals surface area contributed by atoms with Crippen molar-refractivity contribution in [2.45, 2.75) is 11.8 Å². The van der Waals surface area contributed by atoms with Crippen molar-refractivity contribution in [1.82, 2.24) is 10.3 Å². The van der Waals surface area contributed by atoms with Gasteiger partial charge in [-0.15, -0.1) is 4.83 Å². The van der Waals surface area contributed by atoms with Crippen LogP contribution in [0.25, 0.3) is 5.70 Å². The van der Waals surface area contributed by atoms with Crippen LogP contribution in [0.5, 0.6) is 5.75 Å². The Morgan fingerprint density at radius 2 is 1.68 bits per heavy atom. The summed E-state index contributed by atoms with van der Waals surface area (Å²) in [5, 5.41) is 9.74. The zero-order chi connectivity index (χ0) is 16.2. The van der Waals surface area contributed by atoms with Gasteiger partial charge in [-0.3, -0.25) is 0 Å². The highest BCUT2D eigenvalue weighted by molar-refractivity contribution is 7.89. The maximum absolute atomic E-state index is 12.2. The largest absolute Gasteiger partial charge is 0.508 e. The lowest BCUT2D eigenvalue weighted by molar-refractivity contribution is 0.475. The minimum absolute atomic E-state index is 0.102. The molecule has 0 aliphatic carbocycles. The first-order valence-corrected chi connectivity index (χ1v) is 8.27. The Morgan fingerprint density at radius 1 is 1.09 bits per heavy atom. The van der Waals surface area contributed by atoms with E-state index in [0.29, 0.717) is 10.7 Å². The fourth-order valence-electron chi connectivity index (χ4n) is 1.75. The molecular weight excluding hydrogens is 324 g/mol. The summed E-state index contributed by atoms with van der Waals surface area (Å²) >= 11 is 5.74. The molecule has 0 aromatic heterocycles. The molecule has 5 nitrogen and oxygen atoms in total. The summed E-state index contributed by atoms with van der Waals surface area (Å²) in [5.41, 5.74) is 3.97. The van der Waals surface area contributed by atoms with Crippen molar-refractivity contribution < 1.29 is 13.5 Å². The van der Waals surface area contributed by atoms with Gasteiger partial charge in [0.1, 0.15) is 5.75 Å². The highest BCUT2D eigenvalue weighted by atomic mass is 35.5. The van der Waals surface area contributed by atoms with E-state index < -0.39 is 10.0 Å². The Labute approximate surface area is 134 Å². The first kappa shape index (κ1) is 16.4. The van der Waals surface area contributed by atoms with Crippen LogP contribution in [-0.4, -0.2) is 13.5 Å². The average Bonchev–Trinajstić information content (AvgIpc) is 2.50. The smallest absolute Gasteiger partial charge is 0.257 e. The standard InChI is InChI=1S/C15H15ClN2O3S/c1-2-15(11-3-7-13(19)8-4-11)17-18-22(20,21)14-9-5-12(16)6-10-14/h2-10,17-19H,1H3. The molecule has 116 valence electrons. The predicted octanol–water partition coefficient (Wildman–Crippen LogP) is 2.89. The maximum Gasteiger partial charge on any atom is 0.257 e. The molecule has 0 fully saturated rings. The van der Waals surface area contributed by atoms with Gasteiger partial charge in [0.05, 0.1) is 10.6 Å². The van der Waals surface area contributed by atoms with Crippen LogP contribution in [0.15, 0.2) is 59.5 Å². The molecule has 7 heteroatoms. The van der Waals surface area contributed by atoms with Crippen LogP contribution in [0.3, 0.4) is 0 Å². The molecule has 0 saturated heterocycles. The number of hydrazine groups is 1. The van der Waals surface area contributed by atoms with E-state index in [1.165, 1.54) is 36.4 Å². The second-order valence-electron chi connectivity index (χ2n) is 4.43. The molecule has 0 heterocycles. The molecule has 0 aliphatic rings. The number of hydrogen-bond acceptors (Lipinski definition) is 4. The summed E-state index contributed by atoms with van der Waals surface area (Å²) < 4.78 is 24.3. The molecule has 0 radical (unpaired) electrons. The minimum atomic E-state index is -3.71. The Kier molecular flexibility index (Phi) is 5.07. The second-order valence-corrected chi connectivity index (χ2v) is 6.55. The molecule has 0 bridgehead atoms. The summed E-state index contributed by atoms with van der Waals surface area (Å²) in [6, 6.07) is 12.2. The first-order chi connectivity index (χ1) is 10.4. The third-order valence-corrected chi connectivity index (χ3v) is 4.43. The molecule has 0 unspecified atom stereocenters. The van der Waals surface area contributed by atoms with Crippen molar-refractivity contribution in [3.8, 4) is 5.75 Å². The van der Waals surface area contributed by atoms with E-state index in [1.54, 1.807) is 25.1 Å². The zero-order valence-electron chi connectivity index (χ0n) is 11.7. The van der Waals surface area contributed by atoms with Crippen molar-refractivity contribution in [2.24, 2.45) is 0 Å². The molecular formula is C15H15ClN2O3S. The lowest BCUT2D eigenvalue weighted by Gasteiger charge is -2.13. The van der Waals surface area contributed by atoms with E-state index in [4.69, 9.17) is 11.6 Å². The average molecular weight is 339 g/mol. The van der Waals surface area contributed by atoms with Gasteiger partial charge in [-0.05, 0) is 61.0 Å². The van der Waals surface area contributed by atoms with E-state index in [9.17, 15) is 13.5 Å². The molecule has 2 rings (SSSR count). The van der Waals surface area contributed by atoms with Gasteiger partial charge < -0.3 is 10.5 Å². The van der Waals surface area contributed by atoms with Crippen LogP contribution in [0.1, 0.15) is 12.5 Å². The lowest BCUT2D eigenvalue weighted by atomic mass is 10.1. The minimum Gasteiger partial charge on any atom is -0.508 e. The van der Waals surface area contributed by atoms with Gasteiger partial charge in [0.15, 0.2) is 0 Å². The number of benzene rings is 2. The van der Waals surface area contributed by atoms with Gasteiger partial charge in [0.25, 0.3) is 10.0 Å². The third-order valence-electron chi connectivity index (χ3n) is 2.91. The van der Waals surface area contributed by atoms with Gasteiger partial charge in [-0.1, -0.05) is 17.7 Å². The van der Waals surface area contributed by atoms with Gasteiger partial charge in [0.2, 0.25) is 0 Å². The molecule has 0 amide bonds. The number of allylic oxidation sites excluding steroid dienone is 1. The molecule has 2 aromatic rings. The van der Waals surface area contributed by atoms with Gasteiger partial charge in [-0.2, -0.15) is 0 Å². The lowest BCUT2D eigenvalue weighted by Crippen LogP contribution is -2.36. The number of phenolic OH excluding ortho intramolecular Hbond substituents is 1. The molecule has 0 atom stereocenters. The van der Waals surface area contributed by atoms with E-state index in [2.05, 4.69) is 10.3 Å². The number of aromatic hydroxyl groups is 1. The van der Waals surface area contributed by atoms with Crippen molar-refractivity contribution in [3.05, 3.63) is 65.2 Å². The highest BCUT2D eigenvalue weighted by Gasteiger charge is 2.14. The number of sulfonamides is 1. The molecule has 0 aliphatic heterocycles. The fourth-order valence-corrected chi connectivity index (χ4v) is 2.73. The van der Waals surface area contributed by atoms with Gasteiger partial charge in [0, 0.05) is 5.02 Å². The van der Waals surface area contributed by atoms with E-state index in [-0.39, 0.29) is 10.6 Å². The summed E-state index contributed by atoms with van der Waals surface area (Å²) in [6.45, 7) is 1.77. The van der Waals surface area contributed by atoms with Crippen molar-refractivity contribution in [3.63, 3.8) is 0 Å². The summed E-state index contributed by atoms with van der Waals surface area (Å²) in [7, 11) is -3.71. The van der Waals surface area contributed by atoms with Gasteiger partial charge >= 0.3 is 0 Å². The Balaban J connectivity index is 2.13. The molecule has 2 aromatic carbocycles. The van der Waals surface area contributed by atoms with Crippen LogP contribution < -0.4 is 10.3 Å². The summed E-state index contributed by atoms with van der Waals surface area (Å²) in [6.07, 6.45) is 1.72. The number of rotatable bonds is 5. The Bertz CT molecular complexity index is 769. The molecule has 3 N–H and O–H groups in total. The number of hydrogen-bond donors (Lipinski definition) is 3. The van der Waals surface area contributed by atoms with Crippen molar-refractivity contribution in [1.29, 1.82) is 0 Å². The predicted molar refractivity (Wildman–Crippen MR) is 86.7 cm³/mol. The molecule has 0 saturated carbocycles.